The highest BCUT2D eigenvalue weighted by Gasteiger charge is 2.14. The summed E-state index contributed by atoms with van der Waals surface area (Å²) in [5.41, 5.74) is 0. The van der Waals surface area contributed by atoms with Crippen LogP contribution < -0.4 is 0 Å². The van der Waals surface area contributed by atoms with Crippen LogP contribution in [0.5, 0.6) is 0 Å². The molecule has 4 heteroatoms. The van der Waals surface area contributed by atoms with Crippen LogP contribution in [-0.4, -0.2) is 52.1 Å². The van der Waals surface area contributed by atoms with Gasteiger partial charge in [0.25, 0.3) is 0 Å². The average molecular weight is 208 g/mol. The first-order valence-corrected chi connectivity index (χ1v) is 6.82. The van der Waals surface area contributed by atoms with Gasteiger partial charge in [-0.05, 0) is 6.42 Å². The maximum atomic E-state index is 10.9. The van der Waals surface area contributed by atoms with Crippen LogP contribution in [0.1, 0.15) is 19.8 Å². The molecule has 0 atom stereocenters. The summed E-state index contributed by atoms with van der Waals surface area (Å²) in [6, 6.07) is 0. The van der Waals surface area contributed by atoms with Gasteiger partial charge in [-0.25, -0.2) is 8.42 Å². The van der Waals surface area contributed by atoms with Crippen molar-refractivity contribution >= 4 is 9.84 Å². The fourth-order valence-corrected chi connectivity index (χ4v) is 2.13. The molecule has 0 fully saturated rings. The van der Waals surface area contributed by atoms with E-state index < -0.39 is 9.84 Å². The van der Waals surface area contributed by atoms with Crippen molar-refractivity contribution < 1.29 is 12.9 Å². The van der Waals surface area contributed by atoms with E-state index in [0.29, 0.717) is 5.75 Å². The number of hydrogen-bond acceptors (Lipinski definition) is 2. The molecular weight excluding hydrogens is 186 g/mol. The second-order valence-corrected chi connectivity index (χ2v) is 6.63. The largest absolute Gasteiger partial charge is 0.328 e. The van der Waals surface area contributed by atoms with Crippen LogP contribution in [-0.2, 0) is 9.84 Å². The number of rotatable bonds is 6. The van der Waals surface area contributed by atoms with Gasteiger partial charge in [0, 0.05) is 12.7 Å². The number of nitrogens with zero attached hydrogens (tertiary/aromatic N) is 1. The second-order valence-electron chi connectivity index (χ2n) is 4.37. The van der Waals surface area contributed by atoms with Gasteiger partial charge in [0.2, 0.25) is 0 Å². The molecule has 0 aliphatic heterocycles. The third-order valence-electron chi connectivity index (χ3n) is 2.11. The Hall–Kier alpha value is -0.0900. The minimum absolute atomic E-state index is 0.318. The summed E-state index contributed by atoms with van der Waals surface area (Å²) < 4.78 is 22.7. The molecule has 0 amide bonds. The van der Waals surface area contributed by atoms with Crippen LogP contribution in [0.2, 0.25) is 0 Å². The Kier molecular flexibility index (Phi) is 4.92. The normalized spacial score (nSPS) is 13.2. The zero-order valence-electron chi connectivity index (χ0n) is 9.21. The van der Waals surface area contributed by atoms with Crippen molar-refractivity contribution in [3.8, 4) is 0 Å². The Morgan fingerprint density at radius 2 is 1.69 bits per heavy atom. The van der Waals surface area contributed by atoms with E-state index in [2.05, 4.69) is 21.0 Å². The molecule has 0 saturated heterocycles. The molecule has 0 bridgehead atoms. The van der Waals surface area contributed by atoms with E-state index in [-0.39, 0.29) is 0 Å². The van der Waals surface area contributed by atoms with Gasteiger partial charge >= 0.3 is 0 Å². The van der Waals surface area contributed by atoms with Crippen LogP contribution in [0.3, 0.4) is 0 Å². The summed E-state index contributed by atoms with van der Waals surface area (Å²) in [5.74, 6) is 0.318. The number of sulfone groups is 1. The molecule has 0 aliphatic rings. The molecule has 0 unspecified atom stereocenters. The molecule has 0 rings (SSSR count). The zero-order valence-corrected chi connectivity index (χ0v) is 10.0. The molecule has 80 valence electrons. The summed E-state index contributed by atoms with van der Waals surface area (Å²) in [4.78, 5) is 0. The van der Waals surface area contributed by atoms with Gasteiger partial charge in [0.05, 0.1) is 32.9 Å². The van der Waals surface area contributed by atoms with Crippen LogP contribution >= 0.6 is 0 Å². The minimum Gasteiger partial charge on any atom is -0.328 e. The van der Waals surface area contributed by atoms with Gasteiger partial charge in [0.1, 0.15) is 9.84 Å². The Morgan fingerprint density at radius 3 is 2.08 bits per heavy atom. The van der Waals surface area contributed by atoms with Gasteiger partial charge in [-0.1, -0.05) is 6.92 Å². The van der Waals surface area contributed by atoms with Crippen molar-refractivity contribution in [2.24, 2.45) is 0 Å². The Labute approximate surface area is 82.3 Å². The number of hydrogen-bond donors (Lipinski definition) is 0. The molecule has 0 spiro atoms. The SMILES string of the molecule is CCC[N+](C)(C)CCCS(C)(=O)=O. The molecule has 0 radical (unpaired) electrons. The lowest BCUT2D eigenvalue weighted by molar-refractivity contribution is -0.890. The molecule has 0 aromatic carbocycles. The fraction of sp³-hybridized carbons (Fsp3) is 1.00. The molecule has 0 saturated carbocycles. The predicted molar refractivity (Wildman–Crippen MR) is 56.5 cm³/mol. The molecule has 3 nitrogen and oxygen atoms in total. The standard InChI is InChI=1S/C9H22NO2S/c1-5-7-10(2,3)8-6-9-13(4,11)12/h5-9H2,1-4H3/q+1. The smallest absolute Gasteiger partial charge is 0.147 e. The van der Waals surface area contributed by atoms with E-state index in [4.69, 9.17) is 0 Å². The van der Waals surface area contributed by atoms with E-state index in [1.54, 1.807) is 0 Å². The van der Waals surface area contributed by atoms with E-state index >= 15 is 0 Å². The molecule has 0 aromatic rings. The van der Waals surface area contributed by atoms with E-state index in [9.17, 15) is 8.42 Å². The molecule has 0 aliphatic carbocycles. The summed E-state index contributed by atoms with van der Waals surface area (Å²) in [5, 5.41) is 0. The highest BCUT2D eigenvalue weighted by atomic mass is 32.2. The van der Waals surface area contributed by atoms with Crippen molar-refractivity contribution in [3.05, 3.63) is 0 Å². The third kappa shape index (κ3) is 8.25. The number of quaternary nitrogens is 1. The minimum atomic E-state index is -2.77. The first kappa shape index (κ1) is 12.9. The van der Waals surface area contributed by atoms with Gasteiger partial charge < -0.3 is 4.48 Å². The third-order valence-corrected chi connectivity index (χ3v) is 3.14. The molecular formula is C9H22NO2S+. The topological polar surface area (TPSA) is 34.1 Å². The van der Waals surface area contributed by atoms with E-state index in [1.807, 2.05) is 0 Å². The predicted octanol–water partition coefficient (Wildman–Crippen LogP) is 0.908. The van der Waals surface area contributed by atoms with Gasteiger partial charge in [-0.2, -0.15) is 0 Å². The lowest BCUT2D eigenvalue weighted by Gasteiger charge is -2.29. The summed E-state index contributed by atoms with van der Waals surface area (Å²) in [6.45, 7) is 4.21. The highest BCUT2D eigenvalue weighted by Crippen LogP contribution is 2.02. The lowest BCUT2D eigenvalue weighted by Crippen LogP contribution is -2.41. The first-order chi connectivity index (χ1) is 5.77. The molecule has 0 heterocycles. The van der Waals surface area contributed by atoms with Gasteiger partial charge in [-0.15, -0.1) is 0 Å². The highest BCUT2D eigenvalue weighted by molar-refractivity contribution is 7.90. The summed E-state index contributed by atoms with van der Waals surface area (Å²) in [6.07, 6.45) is 3.21. The van der Waals surface area contributed by atoms with Crippen molar-refractivity contribution in [1.82, 2.24) is 0 Å². The first-order valence-electron chi connectivity index (χ1n) is 4.76. The molecule has 0 aromatic heterocycles. The quantitative estimate of drug-likeness (QED) is 0.608. The van der Waals surface area contributed by atoms with E-state index in [0.717, 1.165) is 30.4 Å². The van der Waals surface area contributed by atoms with Crippen molar-refractivity contribution in [2.75, 3.05) is 39.2 Å². The molecule has 13 heavy (non-hydrogen) atoms. The van der Waals surface area contributed by atoms with Crippen LogP contribution in [0.15, 0.2) is 0 Å². The Morgan fingerprint density at radius 1 is 1.15 bits per heavy atom. The maximum Gasteiger partial charge on any atom is 0.147 e. The van der Waals surface area contributed by atoms with Gasteiger partial charge in [0.15, 0.2) is 0 Å². The maximum absolute atomic E-state index is 10.9. The van der Waals surface area contributed by atoms with Crippen molar-refractivity contribution in [3.63, 3.8) is 0 Å². The Bertz CT molecular complexity index is 232. The summed E-state index contributed by atoms with van der Waals surface area (Å²) >= 11 is 0. The summed E-state index contributed by atoms with van der Waals surface area (Å²) in [7, 11) is 1.52. The second kappa shape index (κ2) is 4.96. The van der Waals surface area contributed by atoms with Crippen LogP contribution in [0.4, 0.5) is 0 Å². The monoisotopic (exact) mass is 208 g/mol. The van der Waals surface area contributed by atoms with Gasteiger partial charge in [-0.3, -0.25) is 0 Å². The fourth-order valence-electron chi connectivity index (χ4n) is 1.47. The van der Waals surface area contributed by atoms with Crippen LogP contribution in [0.25, 0.3) is 0 Å². The Balaban J connectivity index is 3.76. The van der Waals surface area contributed by atoms with Crippen LogP contribution in [0, 0.1) is 0 Å². The van der Waals surface area contributed by atoms with Crippen molar-refractivity contribution in [2.45, 2.75) is 19.8 Å². The average Bonchev–Trinajstić information content (AvgIpc) is 1.82. The molecule has 0 N–H and O–H groups in total. The van der Waals surface area contributed by atoms with E-state index in [1.165, 1.54) is 6.26 Å². The van der Waals surface area contributed by atoms with Crippen molar-refractivity contribution in [1.29, 1.82) is 0 Å². The zero-order chi connectivity index (χ0) is 10.5. The lowest BCUT2D eigenvalue weighted by atomic mass is 10.3.